The van der Waals surface area contributed by atoms with E-state index in [4.69, 9.17) is 5.11 Å². The Balaban J connectivity index is 2.70. The predicted molar refractivity (Wildman–Crippen MR) is 53.7 cm³/mol. The molecule has 9 heteroatoms. The maximum Gasteiger partial charge on any atom is 0.433 e. The molecule has 2 heterocycles. The second-order valence-electron chi connectivity index (χ2n) is 3.46. The van der Waals surface area contributed by atoms with Crippen molar-refractivity contribution in [3.63, 3.8) is 0 Å². The van der Waals surface area contributed by atoms with Crippen LogP contribution in [0.5, 0.6) is 0 Å². The number of carbonyl (C=O) groups is 1. The third-order valence-corrected chi connectivity index (χ3v) is 2.25. The van der Waals surface area contributed by atoms with Gasteiger partial charge in [-0.1, -0.05) is 0 Å². The molecule has 0 saturated carbocycles. The van der Waals surface area contributed by atoms with Crippen molar-refractivity contribution in [3.05, 3.63) is 35.4 Å². The highest BCUT2D eigenvalue weighted by molar-refractivity contribution is 5.95. The number of alkyl halides is 3. The maximum absolute atomic E-state index is 13.4. The Labute approximate surface area is 102 Å². The highest BCUT2D eigenvalue weighted by Crippen LogP contribution is 2.34. The van der Waals surface area contributed by atoms with Crippen LogP contribution in [0.15, 0.2) is 18.3 Å². The topological polar surface area (TPSA) is 78.9 Å². The Morgan fingerprint density at radius 2 is 2.00 bits per heavy atom. The van der Waals surface area contributed by atoms with Crippen LogP contribution in [-0.4, -0.2) is 26.3 Å². The number of H-pyrrole nitrogens is 1. The van der Waals surface area contributed by atoms with Crippen LogP contribution in [0, 0.1) is 5.82 Å². The first kappa shape index (κ1) is 13.0. The van der Waals surface area contributed by atoms with Crippen LogP contribution < -0.4 is 0 Å². The first-order chi connectivity index (χ1) is 8.82. The molecule has 0 aliphatic rings. The number of nitrogens with zero attached hydrogens (tertiary/aromatic N) is 2. The van der Waals surface area contributed by atoms with E-state index in [-0.39, 0.29) is 0 Å². The fourth-order valence-corrected chi connectivity index (χ4v) is 1.49. The van der Waals surface area contributed by atoms with E-state index in [1.54, 1.807) is 5.10 Å². The van der Waals surface area contributed by atoms with Crippen molar-refractivity contribution in [2.75, 3.05) is 0 Å². The Kier molecular flexibility index (Phi) is 2.97. The van der Waals surface area contributed by atoms with Gasteiger partial charge in [0.15, 0.2) is 11.5 Å². The molecule has 0 radical (unpaired) electrons. The fraction of sp³-hybridized carbons (Fsp3) is 0.100. The predicted octanol–water partition coefficient (Wildman–Crippen LogP) is 2.33. The molecule has 2 N–H and O–H groups in total. The second kappa shape index (κ2) is 4.34. The molecular formula is C10H5F4N3O2. The van der Waals surface area contributed by atoms with E-state index in [9.17, 15) is 22.4 Å². The lowest BCUT2D eigenvalue weighted by molar-refractivity contribution is -0.141. The quantitative estimate of drug-likeness (QED) is 0.824. The van der Waals surface area contributed by atoms with Crippen molar-refractivity contribution in [2.45, 2.75) is 6.18 Å². The van der Waals surface area contributed by atoms with Crippen molar-refractivity contribution in [1.29, 1.82) is 0 Å². The highest BCUT2D eigenvalue weighted by Gasteiger charge is 2.40. The van der Waals surface area contributed by atoms with Crippen molar-refractivity contribution >= 4 is 5.97 Å². The smallest absolute Gasteiger partial charge is 0.433 e. The molecule has 0 aliphatic carbocycles. The van der Waals surface area contributed by atoms with Crippen LogP contribution in [0.2, 0.25) is 0 Å². The average molecular weight is 275 g/mol. The SMILES string of the molecule is O=C(O)c1c(-c2ncccc2F)n[nH]c1C(F)(F)F. The molecule has 0 saturated heterocycles. The number of aromatic nitrogens is 3. The summed E-state index contributed by atoms with van der Waals surface area (Å²) in [6.07, 6.45) is -3.82. The minimum Gasteiger partial charge on any atom is -0.478 e. The number of pyridine rings is 1. The van der Waals surface area contributed by atoms with Gasteiger partial charge in [0.2, 0.25) is 0 Å². The normalized spacial score (nSPS) is 11.6. The molecule has 0 atom stereocenters. The monoisotopic (exact) mass is 275 g/mol. The third-order valence-electron chi connectivity index (χ3n) is 2.25. The summed E-state index contributed by atoms with van der Waals surface area (Å²) in [7, 11) is 0. The van der Waals surface area contributed by atoms with Gasteiger partial charge in [-0.05, 0) is 12.1 Å². The molecule has 100 valence electrons. The van der Waals surface area contributed by atoms with Gasteiger partial charge in [-0.2, -0.15) is 18.3 Å². The van der Waals surface area contributed by atoms with E-state index in [2.05, 4.69) is 10.1 Å². The van der Waals surface area contributed by atoms with Crippen LogP contribution in [0.3, 0.4) is 0 Å². The minimum absolute atomic E-state index is 0.563. The zero-order valence-corrected chi connectivity index (χ0v) is 8.99. The number of hydrogen-bond acceptors (Lipinski definition) is 3. The average Bonchev–Trinajstić information content (AvgIpc) is 2.73. The van der Waals surface area contributed by atoms with Gasteiger partial charge in [0.1, 0.15) is 17.0 Å². The highest BCUT2D eigenvalue weighted by atomic mass is 19.4. The second-order valence-corrected chi connectivity index (χ2v) is 3.46. The van der Waals surface area contributed by atoms with Crippen molar-refractivity contribution in [1.82, 2.24) is 15.2 Å². The number of rotatable bonds is 2. The zero-order chi connectivity index (χ0) is 14.2. The van der Waals surface area contributed by atoms with Crippen LogP contribution >= 0.6 is 0 Å². The number of aromatic amines is 1. The standard InChI is InChI=1S/C10H5F4N3O2/c11-4-2-1-3-15-6(4)7-5(9(18)19)8(17-16-7)10(12,13)14/h1-3H,(H,16,17)(H,18,19). The number of nitrogens with one attached hydrogen (secondary N) is 1. The molecule has 0 bridgehead atoms. The Hall–Kier alpha value is -2.45. The van der Waals surface area contributed by atoms with Gasteiger partial charge < -0.3 is 5.11 Å². The summed E-state index contributed by atoms with van der Waals surface area (Å²) in [5, 5.41) is 13.6. The Morgan fingerprint density at radius 1 is 1.32 bits per heavy atom. The van der Waals surface area contributed by atoms with Crippen molar-refractivity contribution in [2.24, 2.45) is 0 Å². The van der Waals surface area contributed by atoms with Gasteiger partial charge in [0.05, 0.1) is 0 Å². The van der Waals surface area contributed by atoms with Gasteiger partial charge in [-0.3, -0.25) is 10.1 Å². The summed E-state index contributed by atoms with van der Waals surface area (Å²) < 4.78 is 51.2. The molecule has 2 aromatic heterocycles. The van der Waals surface area contributed by atoms with Gasteiger partial charge in [-0.25, -0.2) is 9.18 Å². The van der Waals surface area contributed by atoms with E-state index in [1.807, 2.05) is 0 Å². The van der Waals surface area contributed by atoms with Crippen LogP contribution in [-0.2, 0) is 6.18 Å². The zero-order valence-electron chi connectivity index (χ0n) is 8.99. The van der Waals surface area contributed by atoms with E-state index in [1.165, 1.54) is 6.07 Å². The van der Waals surface area contributed by atoms with E-state index in [0.717, 1.165) is 12.3 Å². The van der Waals surface area contributed by atoms with Gasteiger partial charge in [0, 0.05) is 6.20 Å². The number of carboxylic acid groups (broad SMARTS) is 1. The lowest BCUT2D eigenvalue weighted by atomic mass is 10.1. The van der Waals surface area contributed by atoms with Gasteiger partial charge in [-0.15, -0.1) is 0 Å². The fourth-order valence-electron chi connectivity index (χ4n) is 1.49. The number of halogens is 4. The summed E-state index contributed by atoms with van der Waals surface area (Å²) in [5.41, 5.74) is -3.98. The third kappa shape index (κ3) is 2.26. The molecule has 2 aromatic rings. The summed E-state index contributed by atoms with van der Waals surface area (Å²) >= 11 is 0. The molecule has 0 unspecified atom stereocenters. The minimum atomic E-state index is -4.94. The number of hydrogen-bond donors (Lipinski definition) is 2. The molecule has 0 amide bonds. The summed E-state index contributed by atoms with van der Waals surface area (Å²) in [6.45, 7) is 0. The number of carboxylic acids is 1. The molecular weight excluding hydrogens is 270 g/mol. The van der Waals surface area contributed by atoms with Gasteiger partial charge >= 0.3 is 12.1 Å². The summed E-state index contributed by atoms with van der Waals surface area (Å²) in [5.74, 6) is -2.84. The molecule has 0 aromatic carbocycles. The first-order valence-electron chi connectivity index (χ1n) is 4.82. The van der Waals surface area contributed by atoms with E-state index in [0.29, 0.717) is 0 Å². The molecule has 19 heavy (non-hydrogen) atoms. The molecule has 0 spiro atoms. The Morgan fingerprint density at radius 3 is 2.53 bits per heavy atom. The lowest BCUT2D eigenvalue weighted by Crippen LogP contribution is -2.12. The van der Waals surface area contributed by atoms with Crippen molar-refractivity contribution in [3.8, 4) is 11.4 Å². The number of aromatic carboxylic acids is 1. The van der Waals surface area contributed by atoms with Crippen LogP contribution in [0.25, 0.3) is 11.4 Å². The maximum atomic E-state index is 13.4. The molecule has 5 nitrogen and oxygen atoms in total. The summed E-state index contributed by atoms with van der Waals surface area (Å²) in [4.78, 5) is 14.4. The molecule has 0 aliphatic heterocycles. The van der Waals surface area contributed by atoms with E-state index < -0.39 is 40.6 Å². The van der Waals surface area contributed by atoms with E-state index >= 15 is 0 Å². The van der Waals surface area contributed by atoms with Gasteiger partial charge in [0.25, 0.3) is 0 Å². The summed E-state index contributed by atoms with van der Waals surface area (Å²) in [6, 6.07) is 2.16. The molecule has 2 rings (SSSR count). The van der Waals surface area contributed by atoms with Crippen LogP contribution in [0.4, 0.5) is 17.6 Å². The lowest BCUT2D eigenvalue weighted by Gasteiger charge is -2.05. The Bertz CT molecular complexity index is 636. The molecule has 0 fully saturated rings. The largest absolute Gasteiger partial charge is 0.478 e. The van der Waals surface area contributed by atoms with Crippen molar-refractivity contribution < 1.29 is 27.5 Å². The van der Waals surface area contributed by atoms with Crippen LogP contribution in [0.1, 0.15) is 16.1 Å². The first-order valence-corrected chi connectivity index (χ1v) is 4.82.